The summed E-state index contributed by atoms with van der Waals surface area (Å²) in [5, 5.41) is 0. The van der Waals surface area contributed by atoms with Crippen molar-refractivity contribution in [2.75, 3.05) is 10.5 Å². The van der Waals surface area contributed by atoms with Crippen LogP contribution in [0.25, 0.3) is 0 Å². The molecule has 0 spiro atoms. The summed E-state index contributed by atoms with van der Waals surface area (Å²) in [6.07, 6.45) is 0. The third-order valence-corrected chi connectivity index (χ3v) is 5.15. The van der Waals surface area contributed by atoms with Gasteiger partial charge in [0.2, 0.25) is 0 Å². The van der Waals surface area contributed by atoms with Crippen molar-refractivity contribution in [3.8, 4) is 0 Å². The third kappa shape index (κ3) is 2.96. The van der Waals surface area contributed by atoms with Crippen LogP contribution in [0, 0.1) is 13.8 Å². The van der Waals surface area contributed by atoms with Gasteiger partial charge in [0.05, 0.1) is 11.4 Å². The van der Waals surface area contributed by atoms with Gasteiger partial charge >= 0.3 is 0 Å². The van der Waals surface area contributed by atoms with Crippen molar-refractivity contribution in [2.45, 2.75) is 18.7 Å². The molecule has 0 saturated heterocycles. The van der Waals surface area contributed by atoms with Crippen molar-refractivity contribution >= 4 is 37.3 Å². The molecule has 20 heavy (non-hydrogen) atoms. The van der Waals surface area contributed by atoms with Crippen molar-refractivity contribution < 1.29 is 8.42 Å². The first-order valence-electron chi connectivity index (χ1n) is 5.95. The van der Waals surface area contributed by atoms with Crippen molar-refractivity contribution in [3.63, 3.8) is 0 Å². The Morgan fingerprint density at radius 3 is 2.35 bits per heavy atom. The molecule has 0 aliphatic heterocycles. The molecule has 0 aliphatic carbocycles. The number of para-hydroxylation sites is 1. The van der Waals surface area contributed by atoms with Crippen LogP contribution in [-0.4, -0.2) is 8.42 Å². The Balaban J connectivity index is 2.47. The largest absolute Gasteiger partial charge is 0.398 e. The Bertz CT molecular complexity index is 758. The molecule has 0 heterocycles. The van der Waals surface area contributed by atoms with E-state index in [9.17, 15) is 8.42 Å². The van der Waals surface area contributed by atoms with Crippen molar-refractivity contribution in [3.05, 3.63) is 52.0 Å². The van der Waals surface area contributed by atoms with Gasteiger partial charge in [0.1, 0.15) is 4.90 Å². The predicted molar refractivity (Wildman–Crippen MR) is 85.3 cm³/mol. The van der Waals surface area contributed by atoms with E-state index < -0.39 is 10.0 Å². The number of rotatable bonds is 3. The van der Waals surface area contributed by atoms with E-state index in [2.05, 4.69) is 20.7 Å². The molecule has 2 aromatic rings. The molecule has 0 radical (unpaired) electrons. The molecule has 2 rings (SSSR count). The molecule has 0 saturated carbocycles. The zero-order valence-corrected chi connectivity index (χ0v) is 13.5. The van der Waals surface area contributed by atoms with Gasteiger partial charge in [-0.25, -0.2) is 8.42 Å². The Morgan fingerprint density at radius 1 is 1.10 bits per heavy atom. The first-order valence-corrected chi connectivity index (χ1v) is 8.23. The van der Waals surface area contributed by atoms with Crippen molar-refractivity contribution in [1.29, 1.82) is 0 Å². The lowest BCUT2D eigenvalue weighted by Gasteiger charge is -2.13. The molecule has 106 valence electrons. The number of halogens is 1. The summed E-state index contributed by atoms with van der Waals surface area (Å²) < 4.78 is 28.1. The highest BCUT2D eigenvalue weighted by atomic mass is 79.9. The summed E-state index contributed by atoms with van der Waals surface area (Å²) >= 11 is 3.31. The van der Waals surface area contributed by atoms with Crippen LogP contribution in [0.5, 0.6) is 0 Å². The minimum atomic E-state index is -3.71. The summed E-state index contributed by atoms with van der Waals surface area (Å²) in [5.74, 6) is 0. The average molecular weight is 355 g/mol. The Kier molecular flexibility index (Phi) is 4.06. The molecule has 0 unspecified atom stereocenters. The maximum atomic E-state index is 12.4. The molecule has 0 fully saturated rings. The number of benzene rings is 2. The smallest absolute Gasteiger partial charge is 0.263 e. The molecule has 3 N–H and O–H groups in total. The molecule has 6 heteroatoms. The second kappa shape index (κ2) is 5.46. The topological polar surface area (TPSA) is 72.2 Å². The van der Waals surface area contributed by atoms with E-state index >= 15 is 0 Å². The van der Waals surface area contributed by atoms with Crippen molar-refractivity contribution in [2.24, 2.45) is 0 Å². The van der Waals surface area contributed by atoms with Gasteiger partial charge in [-0.1, -0.05) is 12.1 Å². The third-order valence-electron chi connectivity index (χ3n) is 3.03. The normalized spacial score (nSPS) is 11.3. The lowest BCUT2D eigenvalue weighted by atomic mass is 10.1. The number of nitrogen functional groups attached to an aromatic ring is 1. The van der Waals surface area contributed by atoms with Gasteiger partial charge in [0, 0.05) is 4.47 Å². The minimum Gasteiger partial charge on any atom is -0.398 e. The summed E-state index contributed by atoms with van der Waals surface area (Å²) in [5.41, 5.74) is 8.40. The van der Waals surface area contributed by atoms with E-state index in [1.807, 2.05) is 19.9 Å². The van der Waals surface area contributed by atoms with Gasteiger partial charge in [-0.15, -0.1) is 0 Å². The second-order valence-electron chi connectivity index (χ2n) is 4.56. The maximum Gasteiger partial charge on any atom is 0.263 e. The van der Waals surface area contributed by atoms with Gasteiger partial charge in [0.25, 0.3) is 10.0 Å². The highest BCUT2D eigenvalue weighted by Crippen LogP contribution is 2.28. The molecule has 0 amide bonds. The Labute approximate surface area is 127 Å². The van der Waals surface area contributed by atoms with E-state index in [1.54, 1.807) is 30.3 Å². The molecular formula is C14H15BrN2O2S. The standard InChI is InChI=1S/C14H15BrN2O2S/c1-9-7-12(16)14(8-10(9)2)20(18,19)17-13-6-4-3-5-11(13)15/h3-8,17H,16H2,1-2H3. The highest BCUT2D eigenvalue weighted by Gasteiger charge is 2.19. The number of anilines is 2. The number of nitrogens with two attached hydrogens (primary N) is 1. The fourth-order valence-electron chi connectivity index (χ4n) is 1.79. The zero-order chi connectivity index (χ0) is 14.9. The molecular weight excluding hydrogens is 340 g/mol. The quantitative estimate of drug-likeness (QED) is 0.829. The summed E-state index contributed by atoms with van der Waals surface area (Å²) in [6, 6.07) is 10.3. The Morgan fingerprint density at radius 2 is 1.70 bits per heavy atom. The van der Waals surface area contributed by atoms with Crippen LogP contribution in [-0.2, 0) is 10.0 Å². The number of sulfonamides is 1. The van der Waals surface area contributed by atoms with Crippen molar-refractivity contribution in [1.82, 2.24) is 0 Å². The zero-order valence-electron chi connectivity index (χ0n) is 11.1. The lowest BCUT2D eigenvalue weighted by Crippen LogP contribution is -2.15. The predicted octanol–water partition coefficient (Wildman–Crippen LogP) is 3.45. The molecule has 2 aromatic carbocycles. The second-order valence-corrected chi connectivity index (χ2v) is 7.06. The summed E-state index contributed by atoms with van der Waals surface area (Å²) in [4.78, 5) is 0.0938. The lowest BCUT2D eigenvalue weighted by molar-refractivity contribution is 0.601. The van der Waals surface area contributed by atoms with Crippen LogP contribution in [0.15, 0.2) is 45.8 Å². The van der Waals surface area contributed by atoms with E-state index in [1.165, 1.54) is 0 Å². The Hall–Kier alpha value is -1.53. The monoisotopic (exact) mass is 354 g/mol. The van der Waals surface area contributed by atoms with Crippen LogP contribution < -0.4 is 10.5 Å². The minimum absolute atomic E-state index is 0.0938. The van der Waals surface area contributed by atoms with Crippen LogP contribution in [0.2, 0.25) is 0 Å². The van der Waals surface area contributed by atoms with Gasteiger partial charge < -0.3 is 5.73 Å². The summed E-state index contributed by atoms with van der Waals surface area (Å²) in [7, 11) is -3.71. The van der Waals surface area contributed by atoms with Gasteiger partial charge in [-0.2, -0.15) is 0 Å². The first kappa shape index (κ1) is 14.9. The molecule has 0 atom stereocenters. The molecule has 4 nitrogen and oxygen atoms in total. The summed E-state index contributed by atoms with van der Waals surface area (Å²) in [6.45, 7) is 3.75. The van der Waals surface area contributed by atoms with Gasteiger partial charge in [-0.05, 0) is 65.2 Å². The first-order chi connectivity index (χ1) is 9.31. The molecule has 0 aromatic heterocycles. The number of aryl methyl sites for hydroxylation is 2. The van der Waals surface area contributed by atoms with Gasteiger partial charge in [0.15, 0.2) is 0 Å². The van der Waals surface area contributed by atoms with Crippen LogP contribution in [0.1, 0.15) is 11.1 Å². The van der Waals surface area contributed by atoms with E-state index in [-0.39, 0.29) is 10.6 Å². The number of hydrogen-bond donors (Lipinski definition) is 2. The van der Waals surface area contributed by atoms with Crippen LogP contribution in [0.4, 0.5) is 11.4 Å². The maximum absolute atomic E-state index is 12.4. The van der Waals surface area contributed by atoms with Crippen LogP contribution in [0.3, 0.4) is 0 Å². The fraction of sp³-hybridized carbons (Fsp3) is 0.143. The SMILES string of the molecule is Cc1cc(N)c(S(=O)(=O)Nc2ccccc2Br)cc1C. The molecule has 0 bridgehead atoms. The van der Waals surface area contributed by atoms with E-state index in [0.717, 1.165) is 11.1 Å². The van der Waals surface area contributed by atoms with Crippen LogP contribution >= 0.6 is 15.9 Å². The fourth-order valence-corrected chi connectivity index (χ4v) is 3.58. The van der Waals surface area contributed by atoms with Gasteiger partial charge in [-0.3, -0.25) is 4.72 Å². The number of hydrogen-bond acceptors (Lipinski definition) is 3. The molecule has 0 aliphatic rings. The average Bonchev–Trinajstić information content (AvgIpc) is 2.36. The van der Waals surface area contributed by atoms with E-state index in [0.29, 0.717) is 10.2 Å². The highest BCUT2D eigenvalue weighted by molar-refractivity contribution is 9.10. The number of nitrogens with one attached hydrogen (secondary N) is 1. The van der Waals surface area contributed by atoms with E-state index in [4.69, 9.17) is 5.73 Å².